The summed E-state index contributed by atoms with van der Waals surface area (Å²) in [6.45, 7) is 9.06. The summed E-state index contributed by atoms with van der Waals surface area (Å²) in [5.41, 5.74) is 3.81. The molecule has 0 spiro atoms. The Balaban J connectivity index is 1.38. The molecule has 2 aromatic carbocycles. The van der Waals surface area contributed by atoms with Crippen LogP contribution in [0.15, 0.2) is 78.0 Å². The van der Waals surface area contributed by atoms with Gasteiger partial charge in [0.05, 0.1) is 38.1 Å². The Morgan fingerprint density at radius 3 is 2.48 bits per heavy atom. The first-order chi connectivity index (χ1) is 30.5. The molecule has 0 aromatic heterocycles. The van der Waals surface area contributed by atoms with E-state index >= 15 is 0 Å². The van der Waals surface area contributed by atoms with E-state index in [9.17, 15) is 20.1 Å². The second-order valence-corrected chi connectivity index (χ2v) is 17.8. The minimum absolute atomic E-state index is 0.0198. The van der Waals surface area contributed by atoms with E-state index in [2.05, 4.69) is 23.6 Å². The van der Waals surface area contributed by atoms with Gasteiger partial charge in [0.1, 0.15) is 30.8 Å². The van der Waals surface area contributed by atoms with Crippen LogP contribution in [0.25, 0.3) is 0 Å². The van der Waals surface area contributed by atoms with Crippen LogP contribution in [0.5, 0.6) is 11.5 Å². The molecule has 0 radical (unpaired) electrons. The largest absolute Gasteiger partial charge is 0.492 e. The van der Waals surface area contributed by atoms with Crippen LogP contribution >= 0.6 is 0 Å². The molecule has 340 valence electrons. The lowest BCUT2D eigenvalue weighted by molar-refractivity contribution is -0.258. The van der Waals surface area contributed by atoms with Crippen LogP contribution in [0.3, 0.4) is 0 Å². The third kappa shape index (κ3) is 11.5. The topological polar surface area (TPSA) is 143 Å². The molecule has 3 fully saturated rings. The van der Waals surface area contributed by atoms with Crippen LogP contribution < -0.4 is 9.47 Å². The number of fused-ring (bicyclic) bond motifs is 2. The standard InChI is InChI=1S/C50H71N3O9/c1-2-29-60-50-46(53(25-30-58-32-28-56)47(57)21-18-37-12-6-7-13-37)35-44(51-61-36-38-14-4-3-5-15-38)42-33-39(16-8-10-26-54)41(17-9-11-27-55)48(49(42)50)43-34-40(19-20-45(43)62-50)59-31-24-52-22-23-52/h2-5,14-15,19-20,33-34,37,39,41,46,48-49,54-56H,1,6-13,16-18,21-32,35-36H2/t39-,41+,46-,48+,49+,50+/m0/s1. The lowest BCUT2D eigenvalue weighted by Gasteiger charge is -2.60. The Morgan fingerprint density at radius 1 is 0.952 bits per heavy atom. The minimum atomic E-state index is -1.34. The number of carbonyl (C=O) groups is 1. The summed E-state index contributed by atoms with van der Waals surface area (Å²) in [6.07, 6.45) is 15.2. The van der Waals surface area contributed by atoms with E-state index in [0.29, 0.717) is 44.0 Å². The van der Waals surface area contributed by atoms with Crippen molar-refractivity contribution in [1.29, 1.82) is 0 Å². The van der Waals surface area contributed by atoms with Gasteiger partial charge in [-0.2, -0.15) is 0 Å². The van der Waals surface area contributed by atoms with E-state index in [1.807, 2.05) is 47.4 Å². The number of rotatable bonds is 27. The summed E-state index contributed by atoms with van der Waals surface area (Å²) in [6, 6.07) is 15.5. The highest BCUT2D eigenvalue weighted by atomic mass is 16.7. The molecule has 2 aromatic rings. The molecule has 1 saturated heterocycles. The Bertz CT molecular complexity index is 1780. The summed E-state index contributed by atoms with van der Waals surface area (Å²) >= 11 is 0. The van der Waals surface area contributed by atoms with Crippen LogP contribution in [0, 0.1) is 23.7 Å². The lowest BCUT2D eigenvalue weighted by Crippen LogP contribution is -2.70. The van der Waals surface area contributed by atoms with E-state index in [1.165, 1.54) is 12.8 Å². The van der Waals surface area contributed by atoms with Gasteiger partial charge in [-0.1, -0.05) is 86.2 Å². The van der Waals surface area contributed by atoms with Crippen molar-refractivity contribution in [2.75, 3.05) is 72.4 Å². The first kappa shape index (κ1) is 46.2. The van der Waals surface area contributed by atoms with Crippen LogP contribution in [0.4, 0.5) is 0 Å². The van der Waals surface area contributed by atoms with Gasteiger partial charge in [-0.25, -0.2) is 0 Å². The van der Waals surface area contributed by atoms with E-state index in [1.54, 1.807) is 6.08 Å². The lowest BCUT2D eigenvalue weighted by atomic mass is 9.55. The monoisotopic (exact) mass is 858 g/mol. The van der Waals surface area contributed by atoms with E-state index in [4.69, 9.17) is 28.9 Å². The molecule has 3 aliphatic carbocycles. The molecule has 2 saturated carbocycles. The number of amides is 1. The average Bonchev–Trinajstić information content (AvgIpc) is 3.97. The van der Waals surface area contributed by atoms with Crippen molar-refractivity contribution in [3.8, 4) is 11.5 Å². The fourth-order valence-corrected chi connectivity index (χ4v) is 10.6. The van der Waals surface area contributed by atoms with Gasteiger partial charge in [-0.15, -0.1) is 6.58 Å². The third-order valence-electron chi connectivity index (χ3n) is 13.8. The first-order valence-electron chi connectivity index (χ1n) is 23.6. The Morgan fingerprint density at radius 2 is 1.74 bits per heavy atom. The van der Waals surface area contributed by atoms with Gasteiger partial charge >= 0.3 is 0 Å². The molecular weight excluding hydrogens is 787 g/mol. The quantitative estimate of drug-likeness (QED) is 0.0372. The number of carbonyl (C=O) groups excluding carboxylic acids is 1. The van der Waals surface area contributed by atoms with Gasteiger partial charge in [-0.05, 0) is 79.2 Å². The van der Waals surface area contributed by atoms with E-state index in [-0.39, 0.29) is 76.5 Å². The number of hydrogen-bond donors (Lipinski definition) is 3. The Labute approximate surface area is 368 Å². The molecule has 3 N–H and O–H groups in total. The Kier molecular flexibility index (Phi) is 17.3. The highest BCUT2D eigenvalue weighted by Crippen LogP contribution is 2.62. The van der Waals surface area contributed by atoms with Crippen molar-refractivity contribution < 1.29 is 43.9 Å². The average molecular weight is 858 g/mol. The normalized spacial score (nSPS) is 26.0. The summed E-state index contributed by atoms with van der Waals surface area (Å²) < 4.78 is 26.9. The second kappa shape index (κ2) is 23.2. The number of hydrogen-bond acceptors (Lipinski definition) is 11. The van der Waals surface area contributed by atoms with Crippen molar-refractivity contribution in [3.05, 3.63) is 84.0 Å². The van der Waals surface area contributed by atoms with Gasteiger partial charge in [0.25, 0.3) is 0 Å². The predicted molar refractivity (Wildman–Crippen MR) is 239 cm³/mol. The number of ether oxygens (including phenoxy) is 4. The maximum Gasteiger partial charge on any atom is 0.239 e. The summed E-state index contributed by atoms with van der Waals surface area (Å²) in [5.74, 6) is 0.388. The fourth-order valence-electron chi connectivity index (χ4n) is 10.6. The molecule has 12 nitrogen and oxygen atoms in total. The van der Waals surface area contributed by atoms with Crippen molar-refractivity contribution in [2.24, 2.45) is 28.8 Å². The number of benzene rings is 2. The van der Waals surface area contributed by atoms with Gasteiger partial charge in [0, 0.05) is 63.7 Å². The molecule has 2 heterocycles. The zero-order valence-electron chi connectivity index (χ0n) is 36.8. The first-order valence-corrected chi connectivity index (χ1v) is 23.6. The zero-order chi connectivity index (χ0) is 43.2. The molecule has 1 amide bonds. The van der Waals surface area contributed by atoms with E-state index < -0.39 is 17.7 Å². The number of aliphatic hydroxyl groups is 3. The molecule has 0 unspecified atom stereocenters. The molecule has 7 rings (SSSR count). The SMILES string of the molecule is C=CCO[C@@]12Oc3ccc(OCCN4CC4)cc3[C@H]3[C@H](CCCCO)[C@@H](CCCCO)C=C(C(=NOCc4ccccc4)C[C@@H]1N(CCOCCO)C(=O)CCC1CCCC1)[C@H]32. The molecule has 62 heavy (non-hydrogen) atoms. The number of aliphatic hydroxyl groups excluding tert-OH is 3. The van der Waals surface area contributed by atoms with Crippen molar-refractivity contribution in [2.45, 2.75) is 108 Å². The highest BCUT2D eigenvalue weighted by molar-refractivity contribution is 6.03. The summed E-state index contributed by atoms with van der Waals surface area (Å²) in [5, 5.41) is 34.6. The minimum Gasteiger partial charge on any atom is -0.492 e. The number of oxime groups is 1. The number of unbranched alkanes of at least 4 members (excludes halogenated alkanes) is 2. The summed E-state index contributed by atoms with van der Waals surface area (Å²) in [4.78, 5) is 25.5. The second-order valence-electron chi connectivity index (χ2n) is 17.8. The molecule has 12 heteroatoms. The van der Waals surface area contributed by atoms with Crippen molar-refractivity contribution in [1.82, 2.24) is 9.80 Å². The predicted octanol–water partition coefficient (Wildman–Crippen LogP) is 7.02. The molecule has 6 atom stereocenters. The molecule has 5 aliphatic rings. The van der Waals surface area contributed by atoms with Crippen LogP contribution in [0.2, 0.25) is 0 Å². The fraction of sp³-hybridized carbons (Fsp3) is 0.640. The highest BCUT2D eigenvalue weighted by Gasteiger charge is 2.65. The van der Waals surface area contributed by atoms with E-state index in [0.717, 1.165) is 92.7 Å². The van der Waals surface area contributed by atoms with Crippen LogP contribution in [-0.4, -0.2) is 121 Å². The number of allylic oxidation sites excluding steroid dienone is 1. The van der Waals surface area contributed by atoms with Crippen LogP contribution in [-0.2, 0) is 25.7 Å². The van der Waals surface area contributed by atoms with Crippen molar-refractivity contribution >= 4 is 11.6 Å². The summed E-state index contributed by atoms with van der Waals surface area (Å²) in [7, 11) is 0. The Hall–Kier alpha value is -3.78. The van der Waals surface area contributed by atoms with Gasteiger partial charge in [0.15, 0.2) is 0 Å². The smallest absolute Gasteiger partial charge is 0.239 e. The third-order valence-corrected chi connectivity index (χ3v) is 13.8. The maximum absolute atomic E-state index is 14.9. The van der Waals surface area contributed by atoms with Crippen LogP contribution in [0.1, 0.15) is 101 Å². The van der Waals surface area contributed by atoms with Gasteiger partial charge in [-0.3, -0.25) is 9.69 Å². The van der Waals surface area contributed by atoms with Gasteiger partial charge < -0.3 is 44.0 Å². The van der Waals surface area contributed by atoms with Crippen molar-refractivity contribution in [3.63, 3.8) is 0 Å². The molecule has 2 aliphatic heterocycles. The van der Waals surface area contributed by atoms with Gasteiger partial charge in [0.2, 0.25) is 11.7 Å². The maximum atomic E-state index is 14.9. The molecule has 0 bridgehead atoms. The number of nitrogens with zero attached hydrogens (tertiary/aromatic N) is 3. The zero-order valence-corrected chi connectivity index (χ0v) is 36.8. The molecular formula is C50H71N3O9.